The number of halogens is 2. The van der Waals surface area contributed by atoms with E-state index in [9.17, 15) is 14.7 Å². The van der Waals surface area contributed by atoms with Crippen LogP contribution >= 0.6 is 0 Å². The molecule has 0 bridgehead atoms. The lowest BCUT2D eigenvalue weighted by molar-refractivity contribution is 0.0982. The fourth-order valence-electron chi connectivity index (χ4n) is 1.54. The Labute approximate surface area is 89.9 Å². The maximum absolute atomic E-state index is 11.6. The van der Waals surface area contributed by atoms with Crippen LogP contribution in [0.5, 0.6) is 5.75 Å². The van der Waals surface area contributed by atoms with Crippen molar-refractivity contribution in [3.63, 3.8) is 0 Å². The SMILES string of the molecule is CC1=CC(=O)c2c(O)cccc2C1=O.FF. The predicted octanol–water partition coefficient (Wildman–Crippen LogP) is 2.56. The lowest BCUT2D eigenvalue weighted by Gasteiger charge is -2.12. The van der Waals surface area contributed by atoms with Crippen molar-refractivity contribution in [3.05, 3.63) is 41.0 Å². The lowest BCUT2D eigenvalue weighted by atomic mass is 9.90. The molecule has 1 aliphatic carbocycles. The number of carbonyl (C=O) groups is 2. The number of aromatic hydroxyl groups is 1. The first-order valence-corrected chi connectivity index (χ1v) is 4.35. The predicted molar refractivity (Wildman–Crippen MR) is 52.7 cm³/mol. The quantitative estimate of drug-likeness (QED) is 0.739. The first-order valence-electron chi connectivity index (χ1n) is 4.35. The summed E-state index contributed by atoms with van der Waals surface area (Å²) in [6, 6.07) is 4.50. The third kappa shape index (κ3) is 1.84. The molecule has 16 heavy (non-hydrogen) atoms. The zero-order valence-electron chi connectivity index (χ0n) is 8.33. The molecular weight excluding hydrogens is 218 g/mol. The van der Waals surface area contributed by atoms with E-state index in [-0.39, 0.29) is 28.4 Å². The molecule has 0 saturated heterocycles. The van der Waals surface area contributed by atoms with Crippen LogP contribution in [0.2, 0.25) is 0 Å². The van der Waals surface area contributed by atoms with E-state index in [1.54, 1.807) is 19.1 Å². The van der Waals surface area contributed by atoms with Crippen molar-refractivity contribution in [3.8, 4) is 5.75 Å². The highest BCUT2D eigenvalue weighted by Gasteiger charge is 2.25. The molecule has 0 heterocycles. The smallest absolute Gasteiger partial charge is 0.190 e. The molecule has 0 amide bonds. The largest absolute Gasteiger partial charge is 0.507 e. The third-order valence-corrected chi connectivity index (χ3v) is 2.24. The van der Waals surface area contributed by atoms with E-state index in [1.807, 2.05) is 0 Å². The van der Waals surface area contributed by atoms with Gasteiger partial charge in [0.1, 0.15) is 5.75 Å². The molecule has 1 aromatic rings. The third-order valence-electron chi connectivity index (χ3n) is 2.24. The van der Waals surface area contributed by atoms with E-state index >= 15 is 0 Å². The maximum atomic E-state index is 11.6. The van der Waals surface area contributed by atoms with Crippen LogP contribution in [0.15, 0.2) is 29.8 Å². The second kappa shape index (κ2) is 4.65. The summed E-state index contributed by atoms with van der Waals surface area (Å²) >= 11 is 0. The molecule has 3 nitrogen and oxygen atoms in total. The molecule has 0 saturated carbocycles. The summed E-state index contributed by atoms with van der Waals surface area (Å²) in [5, 5.41) is 9.43. The molecule has 0 unspecified atom stereocenters. The van der Waals surface area contributed by atoms with Crippen LogP contribution in [0.3, 0.4) is 0 Å². The van der Waals surface area contributed by atoms with Gasteiger partial charge in [0.25, 0.3) is 0 Å². The van der Waals surface area contributed by atoms with Gasteiger partial charge in [-0.2, -0.15) is 0 Å². The topological polar surface area (TPSA) is 54.4 Å². The molecule has 0 radical (unpaired) electrons. The number of hydrogen-bond donors (Lipinski definition) is 1. The minimum Gasteiger partial charge on any atom is -0.507 e. The van der Waals surface area contributed by atoms with E-state index in [0.717, 1.165) is 0 Å². The van der Waals surface area contributed by atoms with Crippen LogP contribution in [-0.4, -0.2) is 16.7 Å². The standard InChI is InChI=1S/C11H8O3.F2/c1-6-5-9(13)10-7(11(6)14)3-2-4-8(10)12;1-2/h2-5,12H,1H3;. The molecule has 0 aliphatic heterocycles. The average molecular weight is 226 g/mol. The highest BCUT2D eigenvalue weighted by atomic mass is 20.0. The molecule has 0 aromatic heterocycles. The summed E-state index contributed by atoms with van der Waals surface area (Å²) in [7, 11) is 0. The van der Waals surface area contributed by atoms with Crippen LogP contribution in [0.1, 0.15) is 27.6 Å². The molecule has 84 valence electrons. The highest BCUT2D eigenvalue weighted by Crippen LogP contribution is 2.27. The summed E-state index contributed by atoms with van der Waals surface area (Å²) in [5.41, 5.74) is 0.811. The van der Waals surface area contributed by atoms with Crippen molar-refractivity contribution in [2.24, 2.45) is 0 Å². The number of hydrogen-bond acceptors (Lipinski definition) is 3. The van der Waals surface area contributed by atoms with E-state index in [2.05, 4.69) is 0 Å². The Kier molecular flexibility index (Phi) is 3.50. The van der Waals surface area contributed by atoms with E-state index in [0.29, 0.717) is 5.57 Å². The van der Waals surface area contributed by atoms with Crippen molar-refractivity contribution in [1.29, 1.82) is 0 Å². The number of Topliss-reactive ketones (excluding diaryl/α,β-unsaturated/α-hetero) is 1. The second-order valence-electron chi connectivity index (χ2n) is 3.22. The minimum absolute atomic E-state index is 0.114. The number of rotatable bonds is 0. The maximum Gasteiger partial charge on any atom is 0.190 e. The molecule has 0 fully saturated rings. The zero-order valence-corrected chi connectivity index (χ0v) is 8.33. The number of benzene rings is 1. The molecule has 0 spiro atoms. The van der Waals surface area contributed by atoms with Gasteiger partial charge in [-0.1, -0.05) is 12.1 Å². The van der Waals surface area contributed by atoms with Crippen molar-refractivity contribution in [1.82, 2.24) is 0 Å². The van der Waals surface area contributed by atoms with Gasteiger partial charge in [-0.05, 0) is 19.1 Å². The van der Waals surface area contributed by atoms with Crippen molar-refractivity contribution < 1.29 is 23.8 Å². The molecule has 5 heteroatoms. The van der Waals surface area contributed by atoms with Crippen LogP contribution in [0.25, 0.3) is 0 Å². The summed E-state index contributed by atoms with van der Waals surface area (Å²) in [4.78, 5) is 23.1. The number of carbonyl (C=O) groups excluding carboxylic acids is 2. The van der Waals surface area contributed by atoms with E-state index in [1.165, 1.54) is 12.1 Å². The molecule has 0 atom stereocenters. The minimum atomic E-state index is -0.310. The van der Waals surface area contributed by atoms with E-state index in [4.69, 9.17) is 9.15 Å². The number of phenols is 1. The second-order valence-corrected chi connectivity index (χ2v) is 3.22. The fourth-order valence-corrected chi connectivity index (χ4v) is 1.54. The van der Waals surface area contributed by atoms with Crippen molar-refractivity contribution in [2.75, 3.05) is 0 Å². The van der Waals surface area contributed by atoms with Gasteiger partial charge in [0.15, 0.2) is 11.6 Å². The Balaban J connectivity index is 0.000000606. The van der Waals surface area contributed by atoms with Gasteiger partial charge in [0.2, 0.25) is 0 Å². The molecular formula is C11H8F2O3. The zero-order chi connectivity index (χ0) is 12.3. The molecule has 1 N–H and O–H groups in total. The van der Waals surface area contributed by atoms with Crippen molar-refractivity contribution >= 4 is 11.6 Å². The van der Waals surface area contributed by atoms with Gasteiger partial charge in [-0.25, -0.2) is 0 Å². The fraction of sp³-hybridized carbons (Fsp3) is 0.0909. The van der Waals surface area contributed by atoms with Gasteiger partial charge in [0.05, 0.1) is 5.56 Å². The number of fused-ring (bicyclic) bond motifs is 1. The van der Waals surface area contributed by atoms with Gasteiger partial charge in [0, 0.05) is 20.3 Å². The summed E-state index contributed by atoms with van der Waals surface area (Å²) in [6.07, 6.45) is 1.25. The van der Waals surface area contributed by atoms with Crippen LogP contribution in [-0.2, 0) is 0 Å². The van der Waals surface area contributed by atoms with Crippen LogP contribution in [0.4, 0.5) is 9.15 Å². The number of phenolic OH excluding ortho intramolecular Hbond substituents is 1. The summed E-state index contributed by atoms with van der Waals surface area (Å²) in [6.45, 7) is 1.59. The summed E-state index contributed by atoms with van der Waals surface area (Å²) in [5.74, 6) is -0.643. The number of allylic oxidation sites excluding steroid dienone is 2. The van der Waals surface area contributed by atoms with Gasteiger partial charge < -0.3 is 5.11 Å². The van der Waals surface area contributed by atoms with Crippen LogP contribution < -0.4 is 0 Å². The van der Waals surface area contributed by atoms with Gasteiger partial charge >= 0.3 is 0 Å². The Morgan fingerprint density at radius 3 is 2.44 bits per heavy atom. The lowest BCUT2D eigenvalue weighted by Crippen LogP contribution is -2.15. The highest BCUT2D eigenvalue weighted by molar-refractivity contribution is 6.25. The van der Waals surface area contributed by atoms with Crippen LogP contribution in [0, 0.1) is 0 Å². The van der Waals surface area contributed by atoms with E-state index < -0.39 is 0 Å². The monoisotopic (exact) mass is 226 g/mol. The molecule has 1 aliphatic rings. The first kappa shape index (κ1) is 12.0. The normalized spacial score (nSPS) is 13.6. The summed E-state index contributed by atoms with van der Waals surface area (Å²) < 4.78 is 16.0. The Morgan fingerprint density at radius 1 is 1.19 bits per heavy atom. The first-order chi connectivity index (χ1) is 7.61. The van der Waals surface area contributed by atoms with Gasteiger partial charge in [-0.3, -0.25) is 9.59 Å². The Hall–Kier alpha value is -2.04. The van der Waals surface area contributed by atoms with Crippen molar-refractivity contribution in [2.45, 2.75) is 6.92 Å². The molecule has 1 aromatic carbocycles. The Morgan fingerprint density at radius 2 is 1.81 bits per heavy atom. The van der Waals surface area contributed by atoms with Gasteiger partial charge in [-0.15, -0.1) is 0 Å². The molecule has 2 rings (SSSR count). The Bertz CT molecular complexity index is 478. The number of ketones is 2. The average Bonchev–Trinajstić information content (AvgIpc) is 2.28.